The van der Waals surface area contributed by atoms with E-state index in [-0.39, 0.29) is 24.5 Å². The molecule has 6 N–H and O–H groups in total. The number of rotatable bonds is 5. The number of benzene rings is 2. The lowest BCUT2D eigenvalue weighted by Crippen LogP contribution is -2.37. The van der Waals surface area contributed by atoms with Gasteiger partial charge in [0.1, 0.15) is 5.82 Å². The molecule has 6 nitrogen and oxygen atoms in total. The fraction of sp³-hybridized carbons (Fsp3) is 0.250. The highest BCUT2D eigenvalue weighted by Crippen LogP contribution is 2.55. The topological polar surface area (TPSA) is 111 Å². The van der Waals surface area contributed by atoms with Crippen molar-refractivity contribution >= 4 is 11.7 Å². The molecule has 30 heavy (non-hydrogen) atoms. The number of carbonyl (C=O) groups is 1. The summed E-state index contributed by atoms with van der Waals surface area (Å²) < 4.78 is 0. The van der Waals surface area contributed by atoms with Gasteiger partial charge in [-0.15, -0.1) is 0 Å². The van der Waals surface area contributed by atoms with Gasteiger partial charge in [0.05, 0.1) is 12.2 Å². The number of primary amides is 1. The minimum Gasteiger partial charge on any atom is -0.384 e. The van der Waals surface area contributed by atoms with Gasteiger partial charge in [0.15, 0.2) is 0 Å². The number of anilines is 1. The Balaban J connectivity index is 1.36. The number of piperidine rings is 1. The van der Waals surface area contributed by atoms with Gasteiger partial charge in [0.2, 0.25) is 5.91 Å². The number of nitrogens with two attached hydrogens (primary N) is 3. The first-order valence-electron chi connectivity index (χ1n) is 10.2. The van der Waals surface area contributed by atoms with Gasteiger partial charge >= 0.3 is 0 Å². The summed E-state index contributed by atoms with van der Waals surface area (Å²) in [5.41, 5.74) is 22.8. The summed E-state index contributed by atoms with van der Waals surface area (Å²) in [5, 5.41) is 0. The van der Waals surface area contributed by atoms with Crippen LogP contribution < -0.4 is 17.2 Å². The van der Waals surface area contributed by atoms with E-state index in [2.05, 4.69) is 58.4 Å². The molecule has 1 saturated carbocycles. The number of hydrogen-bond donors (Lipinski definition) is 3. The molecule has 1 aliphatic carbocycles. The Hall–Kier alpha value is -3.22. The number of likely N-dealkylation sites (tertiary alicyclic amines) is 1. The molecule has 4 atom stereocenters. The Morgan fingerprint density at radius 2 is 1.60 bits per heavy atom. The fourth-order valence-electron chi connectivity index (χ4n) is 4.86. The summed E-state index contributed by atoms with van der Waals surface area (Å²) in [5.74, 6) is 1.12. The third-order valence-corrected chi connectivity index (χ3v) is 6.39. The van der Waals surface area contributed by atoms with Crippen LogP contribution in [0.15, 0.2) is 66.7 Å². The van der Waals surface area contributed by atoms with E-state index < -0.39 is 0 Å². The normalized spacial score (nSPS) is 25.1. The van der Waals surface area contributed by atoms with E-state index in [1.807, 2.05) is 12.1 Å². The molecule has 1 saturated heterocycles. The lowest BCUT2D eigenvalue weighted by Gasteiger charge is -2.27. The maximum atomic E-state index is 11.5. The van der Waals surface area contributed by atoms with E-state index in [1.165, 1.54) is 5.56 Å². The number of pyridine rings is 1. The lowest BCUT2D eigenvalue weighted by molar-refractivity contribution is -0.119. The van der Waals surface area contributed by atoms with Gasteiger partial charge in [0, 0.05) is 24.2 Å². The molecule has 2 fully saturated rings. The van der Waals surface area contributed by atoms with E-state index in [9.17, 15) is 4.79 Å². The van der Waals surface area contributed by atoms with E-state index in [0.29, 0.717) is 17.7 Å². The van der Waals surface area contributed by atoms with Crippen LogP contribution >= 0.6 is 0 Å². The van der Waals surface area contributed by atoms with Crippen molar-refractivity contribution in [3.63, 3.8) is 0 Å². The summed E-state index contributed by atoms with van der Waals surface area (Å²) in [6.45, 7) is 1.13. The Kier molecular flexibility index (Phi) is 4.53. The number of aromatic nitrogens is 1. The molecule has 5 rings (SSSR count). The molecule has 152 valence electrons. The van der Waals surface area contributed by atoms with Gasteiger partial charge in [0.25, 0.3) is 0 Å². The summed E-state index contributed by atoms with van der Waals surface area (Å²) in [6, 6.07) is 22.9. The second-order valence-corrected chi connectivity index (χ2v) is 8.31. The second-order valence-electron chi connectivity index (χ2n) is 8.31. The van der Waals surface area contributed by atoms with Crippen molar-refractivity contribution in [1.82, 2.24) is 9.88 Å². The van der Waals surface area contributed by atoms with Gasteiger partial charge in [-0.25, -0.2) is 4.98 Å². The SMILES string of the molecule is NC(=O)CN1CC2C(N)C2C1c1ccc(-c2ccc(-c3cccc(N)n3)cc2)cc1. The van der Waals surface area contributed by atoms with Gasteiger partial charge in [-0.05, 0) is 40.7 Å². The van der Waals surface area contributed by atoms with Crippen molar-refractivity contribution < 1.29 is 4.79 Å². The van der Waals surface area contributed by atoms with Crippen molar-refractivity contribution in [2.45, 2.75) is 12.1 Å². The van der Waals surface area contributed by atoms with Crippen LogP contribution in [-0.2, 0) is 4.79 Å². The van der Waals surface area contributed by atoms with Crippen molar-refractivity contribution in [3.05, 3.63) is 72.3 Å². The van der Waals surface area contributed by atoms with E-state index >= 15 is 0 Å². The molecule has 0 radical (unpaired) electrons. The summed E-state index contributed by atoms with van der Waals surface area (Å²) in [4.78, 5) is 18.0. The summed E-state index contributed by atoms with van der Waals surface area (Å²) >= 11 is 0. The van der Waals surface area contributed by atoms with Crippen LogP contribution in [0.2, 0.25) is 0 Å². The average molecular weight is 399 g/mol. The first-order chi connectivity index (χ1) is 14.5. The van der Waals surface area contributed by atoms with Crippen molar-refractivity contribution in [2.75, 3.05) is 18.8 Å². The Morgan fingerprint density at radius 3 is 2.23 bits per heavy atom. The highest BCUT2D eigenvalue weighted by molar-refractivity contribution is 5.76. The molecule has 1 aliphatic heterocycles. The molecule has 6 heteroatoms. The summed E-state index contributed by atoms with van der Waals surface area (Å²) in [7, 11) is 0. The van der Waals surface area contributed by atoms with E-state index in [4.69, 9.17) is 17.2 Å². The van der Waals surface area contributed by atoms with Crippen LogP contribution in [0.25, 0.3) is 22.4 Å². The zero-order valence-electron chi connectivity index (χ0n) is 16.6. The third-order valence-electron chi connectivity index (χ3n) is 6.39. The Bertz CT molecular complexity index is 1080. The van der Waals surface area contributed by atoms with Crippen molar-refractivity contribution in [3.8, 4) is 22.4 Å². The van der Waals surface area contributed by atoms with E-state index in [1.54, 1.807) is 6.07 Å². The number of hydrogen-bond acceptors (Lipinski definition) is 5. The van der Waals surface area contributed by atoms with Gasteiger partial charge in [-0.1, -0.05) is 54.6 Å². The number of nitrogens with zero attached hydrogens (tertiary/aromatic N) is 2. The highest BCUT2D eigenvalue weighted by Gasteiger charge is 2.59. The molecular formula is C24H25N5O. The van der Waals surface area contributed by atoms with Crippen molar-refractivity contribution in [2.24, 2.45) is 23.3 Å². The molecule has 0 bridgehead atoms. The van der Waals surface area contributed by atoms with Gasteiger partial charge < -0.3 is 17.2 Å². The highest BCUT2D eigenvalue weighted by atomic mass is 16.1. The molecular weight excluding hydrogens is 374 g/mol. The van der Waals surface area contributed by atoms with Gasteiger partial charge in [-0.3, -0.25) is 9.69 Å². The largest absolute Gasteiger partial charge is 0.384 e. The smallest absolute Gasteiger partial charge is 0.231 e. The van der Waals surface area contributed by atoms with Crippen LogP contribution in [0, 0.1) is 11.8 Å². The molecule has 2 heterocycles. The Morgan fingerprint density at radius 1 is 0.967 bits per heavy atom. The lowest BCUT2D eigenvalue weighted by atomic mass is 9.97. The zero-order chi connectivity index (χ0) is 20.8. The third kappa shape index (κ3) is 3.34. The number of amides is 1. The molecule has 2 aliphatic rings. The van der Waals surface area contributed by atoms with Crippen molar-refractivity contribution in [1.29, 1.82) is 0 Å². The zero-order valence-corrected chi connectivity index (χ0v) is 16.6. The fourth-order valence-corrected chi connectivity index (χ4v) is 4.86. The quantitative estimate of drug-likeness (QED) is 0.610. The maximum Gasteiger partial charge on any atom is 0.231 e. The minimum atomic E-state index is -0.291. The van der Waals surface area contributed by atoms with Crippen LogP contribution in [0.1, 0.15) is 11.6 Å². The van der Waals surface area contributed by atoms with Crippen LogP contribution in [-0.4, -0.2) is 34.9 Å². The molecule has 4 unspecified atom stereocenters. The second kappa shape index (κ2) is 7.23. The maximum absolute atomic E-state index is 11.5. The Labute approximate surface area is 175 Å². The molecule has 2 aromatic carbocycles. The minimum absolute atomic E-state index is 0.170. The van der Waals surface area contributed by atoms with E-state index in [0.717, 1.165) is 28.9 Å². The number of carbonyl (C=O) groups excluding carboxylic acids is 1. The van der Waals surface area contributed by atoms with Crippen LogP contribution in [0.3, 0.4) is 0 Å². The predicted molar refractivity (Wildman–Crippen MR) is 118 cm³/mol. The summed E-state index contributed by atoms with van der Waals surface area (Å²) in [6.07, 6.45) is 0. The first-order valence-corrected chi connectivity index (χ1v) is 10.2. The number of fused-ring (bicyclic) bond motifs is 1. The molecule has 1 aromatic heterocycles. The number of nitrogen functional groups attached to an aromatic ring is 1. The molecule has 3 aromatic rings. The van der Waals surface area contributed by atoms with Crippen LogP contribution in [0.4, 0.5) is 5.82 Å². The standard InChI is InChI=1S/C24H25N5O/c25-20-3-1-2-19(28-20)16-8-4-14(5-9-16)15-6-10-17(11-7-15)24-22-18(23(22)27)12-29(24)13-21(26)30/h1-11,18,22-24H,12-13,27H2,(H2,25,28)(H2,26,30). The molecule has 0 spiro atoms. The predicted octanol–water partition coefficient (Wildman–Crippen LogP) is 2.41. The average Bonchev–Trinajstić information content (AvgIpc) is 3.19. The van der Waals surface area contributed by atoms with Crippen LogP contribution in [0.5, 0.6) is 0 Å². The van der Waals surface area contributed by atoms with Gasteiger partial charge in [-0.2, -0.15) is 0 Å². The first kappa shape index (κ1) is 18.8. The monoisotopic (exact) mass is 399 g/mol. The molecule has 1 amide bonds.